The first-order chi connectivity index (χ1) is 10.3. The molecule has 1 atom stereocenters. The van der Waals surface area contributed by atoms with Crippen LogP contribution in [-0.4, -0.2) is 6.79 Å². The molecule has 0 aromatic heterocycles. The van der Waals surface area contributed by atoms with E-state index in [2.05, 4.69) is 46.8 Å². The molecule has 0 bridgehead atoms. The van der Waals surface area contributed by atoms with Gasteiger partial charge in [-0.15, -0.1) is 0 Å². The van der Waals surface area contributed by atoms with Gasteiger partial charge < -0.3 is 9.47 Å². The van der Waals surface area contributed by atoms with Crippen LogP contribution in [0.3, 0.4) is 0 Å². The van der Waals surface area contributed by atoms with Gasteiger partial charge in [-0.1, -0.05) is 52.7 Å². The first-order valence-electron chi connectivity index (χ1n) is 8.54. The van der Waals surface area contributed by atoms with Gasteiger partial charge in [0.2, 0.25) is 6.79 Å². The van der Waals surface area contributed by atoms with Crippen LogP contribution < -0.4 is 9.47 Å². The minimum atomic E-state index is 0.115. The molecule has 1 fully saturated rings. The van der Waals surface area contributed by atoms with E-state index in [4.69, 9.17) is 9.47 Å². The number of ether oxygens (including phenoxy) is 2. The molecule has 2 heteroatoms. The Hall–Kier alpha value is -1.44. The highest BCUT2D eigenvalue weighted by atomic mass is 16.7. The normalized spacial score (nSPS) is 27.6. The molecule has 1 aromatic carbocycles. The summed E-state index contributed by atoms with van der Waals surface area (Å²) in [5, 5.41) is 0. The summed E-state index contributed by atoms with van der Waals surface area (Å²) in [5.74, 6) is 2.46. The molecule has 3 aliphatic rings. The topological polar surface area (TPSA) is 18.5 Å². The van der Waals surface area contributed by atoms with Gasteiger partial charge >= 0.3 is 0 Å². The molecular formula is C20H26O2. The maximum absolute atomic E-state index is 5.96. The fraction of sp³-hybridized carbons (Fsp3) is 0.600. The third kappa shape index (κ3) is 1.67. The van der Waals surface area contributed by atoms with Gasteiger partial charge in [0.05, 0.1) is 0 Å². The van der Waals surface area contributed by atoms with E-state index in [9.17, 15) is 0 Å². The van der Waals surface area contributed by atoms with E-state index >= 15 is 0 Å². The largest absolute Gasteiger partial charge is 0.453 e. The summed E-state index contributed by atoms with van der Waals surface area (Å²) in [6.45, 7) is 12.0. The van der Waals surface area contributed by atoms with E-state index in [-0.39, 0.29) is 10.8 Å². The van der Waals surface area contributed by atoms with Crippen LogP contribution in [0.1, 0.15) is 76.5 Å². The lowest BCUT2D eigenvalue weighted by molar-refractivity contribution is 0.170. The van der Waals surface area contributed by atoms with Crippen LogP contribution >= 0.6 is 0 Å². The highest BCUT2D eigenvalue weighted by molar-refractivity contribution is 5.78. The van der Waals surface area contributed by atoms with Crippen molar-refractivity contribution in [1.82, 2.24) is 0 Å². The van der Waals surface area contributed by atoms with Crippen LogP contribution in [0.15, 0.2) is 11.6 Å². The molecule has 1 saturated carbocycles. The Morgan fingerprint density at radius 2 is 1.77 bits per heavy atom. The van der Waals surface area contributed by atoms with Crippen LogP contribution in [0.5, 0.6) is 11.5 Å². The van der Waals surface area contributed by atoms with Crippen LogP contribution in [-0.2, 0) is 5.41 Å². The van der Waals surface area contributed by atoms with Crippen molar-refractivity contribution in [3.05, 3.63) is 28.3 Å². The standard InChI is InChI=1S/C20H26O2/c1-12(2)14-9-13-10-15-19(3,4)7-6-8-20(15,5)16(13)18-17(14)21-11-22-18/h9-10,12H,6-8,11H2,1-5H3/t20-/m0/s1. The van der Waals surface area contributed by atoms with Crippen molar-refractivity contribution in [2.45, 2.75) is 65.2 Å². The van der Waals surface area contributed by atoms with E-state index < -0.39 is 0 Å². The molecule has 0 amide bonds. The summed E-state index contributed by atoms with van der Waals surface area (Å²) in [7, 11) is 0. The van der Waals surface area contributed by atoms with Crippen molar-refractivity contribution in [3.8, 4) is 11.5 Å². The molecule has 1 heterocycles. The Bertz CT molecular complexity index is 681. The Morgan fingerprint density at radius 1 is 1.05 bits per heavy atom. The Kier molecular flexibility index (Phi) is 2.77. The molecule has 1 aromatic rings. The Morgan fingerprint density at radius 3 is 2.50 bits per heavy atom. The average Bonchev–Trinajstić information content (AvgIpc) is 2.99. The van der Waals surface area contributed by atoms with E-state index in [1.165, 1.54) is 36.0 Å². The summed E-state index contributed by atoms with van der Waals surface area (Å²) in [6.07, 6.45) is 6.22. The summed E-state index contributed by atoms with van der Waals surface area (Å²) in [5.41, 5.74) is 6.00. The summed E-state index contributed by atoms with van der Waals surface area (Å²) in [6, 6.07) is 2.35. The van der Waals surface area contributed by atoms with Crippen LogP contribution in [0, 0.1) is 5.41 Å². The van der Waals surface area contributed by atoms with Crippen molar-refractivity contribution in [1.29, 1.82) is 0 Å². The molecule has 0 saturated heterocycles. The summed E-state index contributed by atoms with van der Waals surface area (Å²) < 4.78 is 11.8. The molecule has 4 rings (SSSR count). The molecule has 2 nitrogen and oxygen atoms in total. The van der Waals surface area contributed by atoms with Gasteiger partial charge in [-0.05, 0) is 35.8 Å². The summed E-state index contributed by atoms with van der Waals surface area (Å²) >= 11 is 0. The minimum Gasteiger partial charge on any atom is -0.453 e. The number of allylic oxidation sites excluding steroid dienone is 1. The lowest BCUT2D eigenvalue weighted by Gasteiger charge is -2.44. The first kappa shape index (κ1) is 14.2. The number of rotatable bonds is 1. The Labute approximate surface area is 133 Å². The van der Waals surface area contributed by atoms with Gasteiger partial charge in [-0.2, -0.15) is 0 Å². The smallest absolute Gasteiger partial charge is 0.231 e. The van der Waals surface area contributed by atoms with Crippen LogP contribution in [0.25, 0.3) is 6.08 Å². The second-order valence-electron chi connectivity index (χ2n) is 8.28. The van der Waals surface area contributed by atoms with Gasteiger partial charge in [0.25, 0.3) is 0 Å². The quantitative estimate of drug-likeness (QED) is 0.690. The first-order valence-corrected chi connectivity index (χ1v) is 8.54. The maximum Gasteiger partial charge on any atom is 0.231 e. The molecule has 2 aliphatic carbocycles. The minimum absolute atomic E-state index is 0.115. The monoisotopic (exact) mass is 298 g/mol. The van der Waals surface area contributed by atoms with Gasteiger partial charge in [-0.3, -0.25) is 0 Å². The fourth-order valence-electron chi connectivity index (χ4n) is 4.90. The number of hydrogen-bond donors (Lipinski definition) is 0. The maximum atomic E-state index is 5.96. The lowest BCUT2D eigenvalue weighted by Crippen LogP contribution is -2.35. The SMILES string of the molecule is CC(C)c1cc2c(c3c1OCO3)[C@@]1(C)CCCC(C)(C)C1=C2. The van der Waals surface area contributed by atoms with Crippen LogP contribution in [0.2, 0.25) is 0 Å². The van der Waals surface area contributed by atoms with Gasteiger partial charge in [0.15, 0.2) is 11.5 Å². The third-order valence-electron chi connectivity index (χ3n) is 5.98. The van der Waals surface area contributed by atoms with E-state index in [1.54, 1.807) is 5.57 Å². The molecule has 0 N–H and O–H groups in total. The lowest BCUT2D eigenvalue weighted by atomic mass is 9.60. The molecule has 0 unspecified atom stereocenters. The molecule has 1 aliphatic heterocycles. The predicted molar refractivity (Wildman–Crippen MR) is 89.6 cm³/mol. The average molecular weight is 298 g/mol. The summed E-state index contributed by atoms with van der Waals surface area (Å²) in [4.78, 5) is 0. The number of fused-ring (bicyclic) bond motifs is 5. The zero-order valence-electron chi connectivity index (χ0n) is 14.4. The zero-order chi connectivity index (χ0) is 15.7. The van der Waals surface area contributed by atoms with Crippen molar-refractivity contribution >= 4 is 6.08 Å². The highest BCUT2D eigenvalue weighted by Crippen LogP contribution is 2.61. The van der Waals surface area contributed by atoms with E-state index in [0.717, 1.165) is 11.5 Å². The third-order valence-corrected chi connectivity index (χ3v) is 5.98. The van der Waals surface area contributed by atoms with Gasteiger partial charge in [0, 0.05) is 16.5 Å². The van der Waals surface area contributed by atoms with Crippen LogP contribution in [0.4, 0.5) is 0 Å². The Balaban J connectivity index is 1.98. The molecular weight excluding hydrogens is 272 g/mol. The second kappa shape index (κ2) is 4.31. The van der Waals surface area contributed by atoms with Gasteiger partial charge in [-0.25, -0.2) is 0 Å². The molecule has 0 radical (unpaired) electrons. The molecule has 0 spiro atoms. The zero-order valence-corrected chi connectivity index (χ0v) is 14.4. The van der Waals surface area contributed by atoms with Crippen molar-refractivity contribution in [2.24, 2.45) is 5.41 Å². The van der Waals surface area contributed by atoms with Crippen molar-refractivity contribution < 1.29 is 9.47 Å². The number of benzene rings is 1. The number of hydrogen-bond acceptors (Lipinski definition) is 2. The molecule has 118 valence electrons. The van der Waals surface area contributed by atoms with E-state index in [0.29, 0.717) is 12.7 Å². The van der Waals surface area contributed by atoms with Crippen molar-refractivity contribution in [2.75, 3.05) is 6.79 Å². The fourth-order valence-corrected chi connectivity index (χ4v) is 4.90. The van der Waals surface area contributed by atoms with E-state index in [1.807, 2.05) is 0 Å². The predicted octanol–water partition coefficient (Wildman–Crippen LogP) is 5.40. The second-order valence-corrected chi connectivity index (χ2v) is 8.28. The van der Waals surface area contributed by atoms with Crippen molar-refractivity contribution in [3.63, 3.8) is 0 Å². The molecule has 22 heavy (non-hydrogen) atoms. The van der Waals surface area contributed by atoms with Gasteiger partial charge in [0.1, 0.15) is 0 Å². The highest BCUT2D eigenvalue weighted by Gasteiger charge is 2.49.